The summed E-state index contributed by atoms with van der Waals surface area (Å²) < 4.78 is 1.81. The molecule has 1 aromatic carbocycles. The molecule has 0 spiro atoms. The summed E-state index contributed by atoms with van der Waals surface area (Å²) in [5.74, 6) is 0. The van der Waals surface area contributed by atoms with E-state index in [1.54, 1.807) is 12.1 Å². The number of hydrogen-bond donors (Lipinski definition) is 0. The van der Waals surface area contributed by atoms with Gasteiger partial charge in [-0.1, -0.05) is 23.2 Å². The maximum atomic E-state index is 8.60. The van der Waals surface area contributed by atoms with Gasteiger partial charge in [0.2, 0.25) is 0 Å². The normalized spacial score (nSPS) is 10.4. The summed E-state index contributed by atoms with van der Waals surface area (Å²) in [6.07, 6.45) is 1.83. The van der Waals surface area contributed by atoms with E-state index in [1.807, 2.05) is 16.8 Å². The maximum Gasteiger partial charge on any atom is 0.110 e. The van der Waals surface area contributed by atoms with Gasteiger partial charge in [-0.15, -0.1) is 0 Å². The van der Waals surface area contributed by atoms with Crippen molar-refractivity contribution in [3.63, 3.8) is 0 Å². The van der Waals surface area contributed by atoms with Gasteiger partial charge in [0.1, 0.15) is 6.54 Å². The zero-order valence-corrected chi connectivity index (χ0v) is 8.68. The number of halogens is 2. The molecule has 0 aliphatic rings. The third kappa shape index (κ3) is 1.45. The molecule has 0 saturated heterocycles. The van der Waals surface area contributed by atoms with E-state index in [9.17, 15) is 0 Å². The Kier molecular flexibility index (Phi) is 2.37. The Hall–Kier alpha value is -1.17. The molecule has 1 aromatic heterocycles. The van der Waals surface area contributed by atoms with Crippen molar-refractivity contribution in [2.24, 2.45) is 0 Å². The van der Waals surface area contributed by atoms with E-state index in [0.29, 0.717) is 16.6 Å². The molecular formula is C10H6Cl2N2. The van der Waals surface area contributed by atoms with Crippen LogP contribution in [-0.2, 0) is 6.54 Å². The Morgan fingerprint density at radius 2 is 2.14 bits per heavy atom. The van der Waals surface area contributed by atoms with E-state index in [0.717, 1.165) is 10.9 Å². The quantitative estimate of drug-likeness (QED) is 0.730. The van der Waals surface area contributed by atoms with Gasteiger partial charge in [-0.2, -0.15) is 5.26 Å². The van der Waals surface area contributed by atoms with Crippen LogP contribution >= 0.6 is 23.2 Å². The SMILES string of the molecule is N#CCn1ccc2c(Cl)cc(Cl)cc21. The molecule has 14 heavy (non-hydrogen) atoms. The average Bonchev–Trinajstić information content (AvgIpc) is 2.49. The van der Waals surface area contributed by atoms with Crippen molar-refractivity contribution in [3.05, 3.63) is 34.4 Å². The second-order valence-corrected chi connectivity index (χ2v) is 3.77. The van der Waals surface area contributed by atoms with Crippen LogP contribution in [0.25, 0.3) is 10.9 Å². The average molecular weight is 225 g/mol. The topological polar surface area (TPSA) is 28.7 Å². The number of hydrogen-bond acceptors (Lipinski definition) is 1. The second kappa shape index (κ2) is 3.53. The molecule has 0 fully saturated rings. The first-order valence-corrected chi connectivity index (χ1v) is 4.79. The molecule has 0 unspecified atom stereocenters. The fourth-order valence-corrected chi connectivity index (χ4v) is 1.98. The predicted octanol–water partition coefficient (Wildman–Crippen LogP) is 3.47. The molecule has 0 bridgehead atoms. The minimum atomic E-state index is 0.306. The number of aromatic nitrogens is 1. The van der Waals surface area contributed by atoms with Crippen LogP contribution in [0, 0.1) is 11.3 Å². The summed E-state index contributed by atoms with van der Waals surface area (Å²) >= 11 is 11.9. The predicted molar refractivity (Wildman–Crippen MR) is 57.6 cm³/mol. The number of nitrogens with zero attached hydrogens (tertiary/aromatic N) is 2. The van der Waals surface area contributed by atoms with Crippen LogP contribution in [0.2, 0.25) is 10.0 Å². The van der Waals surface area contributed by atoms with Crippen LogP contribution in [-0.4, -0.2) is 4.57 Å². The molecule has 1 heterocycles. The largest absolute Gasteiger partial charge is 0.334 e. The highest BCUT2D eigenvalue weighted by molar-refractivity contribution is 6.38. The van der Waals surface area contributed by atoms with Crippen LogP contribution in [0.4, 0.5) is 0 Å². The zero-order chi connectivity index (χ0) is 10.1. The minimum absolute atomic E-state index is 0.306. The van der Waals surface area contributed by atoms with Crippen molar-refractivity contribution in [1.29, 1.82) is 5.26 Å². The van der Waals surface area contributed by atoms with Crippen LogP contribution in [0.15, 0.2) is 24.4 Å². The minimum Gasteiger partial charge on any atom is -0.334 e. The number of nitriles is 1. The molecule has 0 radical (unpaired) electrons. The summed E-state index contributed by atoms with van der Waals surface area (Å²) in [7, 11) is 0. The highest BCUT2D eigenvalue weighted by Gasteiger charge is 2.05. The lowest BCUT2D eigenvalue weighted by Gasteiger charge is -2.00. The molecule has 70 valence electrons. The van der Waals surface area contributed by atoms with Crippen LogP contribution in [0.5, 0.6) is 0 Å². The summed E-state index contributed by atoms with van der Waals surface area (Å²) in [4.78, 5) is 0. The Labute approximate surface area is 91.3 Å². The Bertz CT molecular complexity index is 523. The third-order valence-electron chi connectivity index (χ3n) is 2.04. The van der Waals surface area contributed by atoms with Crippen LogP contribution < -0.4 is 0 Å². The Morgan fingerprint density at radius 3 is 2.86 bits per heavy atom. The van der Waals surface area contributed by atoms with Crippen LogP contribution in [0.3, 0.4) is 0 Å². The van der Waals surface area contributed by atoms with Gasteiger partial charge in [0.15, 0.2) is 0 Å². The second-order valence-electron chi connectivity index (χ2n) is 2.92. The summed E-state index contributed by atoms with van der Waals surface area (Å²) in [5, 5.41) is 10.7. The van der Waals surface area contributed by atoms with Gasteiger partial charge in [-0.3, -0.25) is 0 Å². The molecule has 2 rings (SSSR count). The van der Waals surface area contributed by atoms with Crippen molar-refractivity contribution in [2.45, 2.75) is 6.54 Å². The van der Waals surface area contributed by atoms with Crippen molar-refractivity contribution in [2.75, 3.05) is 0 Å². The molecule has 2 nitrogen and oxygen atoms in total. The standard InChI is InChI=1S/C10H6Cl2N2/c11-7-5-9(12)8-1-3-14(4-2-13)10(8)6-7/h1,3,5-6H,4H2. The molecule has 0 aliphatic carbocycles. The van der Waals surface area contributed by atoms with Crippen molar-refractivity contribution < 1.29 is 0 Å². The first-order chi connectivity index (χ1) is 6.72. The van der Waals surface area contributed by atoms with E-state index in [4.69, 9.17) is 28.5 Å². The van der Waals surface area contributed by atoms with Crippen LogP contribution in [0.1, 0.15) is 0 Å². The fraction of sp³-hybridized carbons (Fsp3) is 0.100. The lowest BCUT2D eigenvalue weighted by Crippen LogP contribution is -1.92. The number of rotatable bonds is 1. The third-order valence-corrected chi connectivity index (χ3v) is 2.58. The number of benzene rings is 1. The van der Waals surface area contributed by atoms with Gasteiger partial charge in [0, 0.05) is 16.6 Å². The maximum absolute atomic E-state index is 8.60. The molecule has 2 aromatic rings. The molecule has 0 N–H and O–H groups in total. The van der Waals surface area contributed by atoms with E-state index in [-0.39, 0.29) is 0 Å². The van der Waals surface area contributed by atoms with Gasteiger partial charge >= 0.3 is 0 Å². The summed E-state index contributed by atoms with van der Waals surface area (Å²) in [5.41, 5.74) is 0.893. The Morgan fingerprint density at radius 1 is 1.36 bits per heavy atom. The van der Waals surface area contributed by atoms with E-state index in [1.165, 1.54) is 0 Å². The lowest BCUT2D eigenvalue weighted by atomic mass is 10.2. The smallest absolute Gasteiger partial charge is 0.110 e. The molecule has 0 atom stereocenters. The Balaban J connectivity index is 2.73. The highest BCUT2D eigenvalue weighted by Crippen LogP contribution is 2.28. The van der Waals surface area contributed by atoms with E-state index >= 15 is 0 Å². The van der Waals surface area contributed by atoms with E-state index < -0.39 is 0 Å². The van der Waals surface area contributed by atoms with Crippen molar-refractivity contribution in [3.8, 4) is 6.07 Å². The first-order valence-electron chi connectivity index (χ1n) is 4.03. The van der Waals surface area contributed by atoms with E-state index in [2.05, 4.69) is 6.07 Å². The molecule has 0 aliphatic heterocycles. The highest BCUT2D eigenvalue weighted by atomic mass is 35.5. The lowest BCUT2D eigenvalue weighted by molar-refractivity contribution is 0.874. The summed E-state index contributed by atoms with van der Waals surface area (Å²) in [6.45, 7) is 0.306. The zero-order valence-electron chi connectivity index (χ0n) is 7.17. The molecule has 0 saturated carbocycles. The van der Waals surface area contributed by atoms with Gasteiger partial charge < -0.3 is 4.57 Å². The van der Waals surface area contributed by atoms with Crippen molar-refractivity contribution >= 4 is 34.1 Å². The van der Waals surface area contributed by atoms with Gasteiger partial charge in [-0.25, -0.2) is 0 Å². The first kappa shape index (κ1) is 9.39. The van der Waals surface area contributed by atoms with Gasteiger partial charge in [0.25, 0.3) is 0 Å². The molecule has 0 amide bonds. The molecular weight excluding hydrogens is 219 g/mol. The van der Waals surface area contributed by atoms with Gasteiger partial charge in [0.05, 0.1) is 16.6 Å². The summed E-state index contributed by atoms with van der Waals surface area (Å²) in [6, 6.07) is 7.46. The number of fused-ring (bicyclic) bond motifs is 1. The monoisotopic (exact) mass is 224 g/mol. The van der Waals surface area contributed by atoms with Crippen molar-refractivity contribution in [1.82, 2.24) is 4.57 Å². The van der Waals surface area contributed by atoms with Gasteiger partial charge in [-0.05, 0) is 18.2 Å². The fourth-order valence-electron chi connectivity index (χ4n) is 1.43. The molecule has 4 heteroatoms.